The molecule has 2 aliphatic heterocycles. The number of halogens is 2. The Morgan fingerprint density at radius 2 is 2.03 bits per heavy atom. The Bertz CT molecular complexity index is 1340. The molecule has 4 rings (SSSR count). The fraction of sp³-hybridized carbons (Fsp3) is 0.409. The van der Waals surface area contributed by atoms with Gasteiger partial charge in [0.15, 0.2) is 24.5 Å². The number of aromatic hydroxyl groups is 1. The molecular formula is C22H25F2N4O7P. The number of hydrogen-bond acceptors (Lipinski definition) is 7. The molecule has 0 radical (unpaired) electrons. The number of nitrogens with one attached hydrogen (secondary N) is 1. The summed E-state index contributed by atoms with van der Waals surface area (Å²) in [4.78, 5) is 50.2. The van der Waals surface area contributed by atoms with Gasteiger partial charge in [-0.15, -0.1) is 0 Å². The van der Waals surface area contributed by atoms with E-state index in [9.17, 15) is 37.7 Å². The van der Waals surface area contributed by atoms with Gasteiger partial charge in [0.05, 0.1) is 13.2 Å². The summed E-state index contributed by atoms with van der Waals surface area (Å²) in [7, 11) is -1.92. The molecule has 2 aromatic rings. The number of hydrogen-bond donors (Lipinski definition) is 3. The van der Waals surface area contributed by atoms with Crippen LogP contribution in [0.3, 0.4) is 0 Å². The van der Waals surface area contributed by atoms with Crippen LogP contribution in [-0.2, 0) is 15.8 Å². The highest BCUT2D eigenvalue weighted by Gasteiger charge is 2.52. The lowest BCUT2D eigenvalue weighted by Gasteiger charge is -2.51. The first-order valence-corrected chi connectivity index (χ1v) is 13.3. The molecular weight excluding hydrogens is 501 g/mol. The molecule has 1 saturated heterocycles. The first-order valence-electron chi connectivity index (χ1n) is 11.0. The zero-order chi connectivity index (χ0) is 26.4. The first-order chi connectivity index (χ1) is 16.9. The Balaban J connectivity index is 1.71. The van der Waals surface area contributed by atoms with Crippen molar-refractivity contribution in [1.82, 2.24) is 14.9 Å². The predicted molar refractivity (Wildman–Crippen MR) is 124 cm³/mol. The largest absolute Gasteiger partial charge is 0.502 e. The Morgan fingerprint density at radius 1 is 1.31 bits per heavy atom. The number of carbonyl (C=O) groups excluding carboxylic acids is 2. The van der Waals surface area contributed by atoms with Crippen molar-refractivity contribution in [2.75, 3.05) is 44.6 Å². The maximum atomic E-state index is 13.9. The normalized spacial score (nSPS) is 21.0. The number of carbonyl (C=O) groups is 2. The van der Waals surface area contributed by atoms with Crippen molar-refractivity contribution in [3.63, 3.8) is 0 Å². The monoisotopic (exact) mass is 526 g/mol. The zero-order valence-corrected chi connectivity index (χ0v) is 20.4. The molecule has 3 N–H and O–H groups in total. The minimum atomic E-state index is -3.49. The third-order valence-electron chi connectivity index (χ3n) is 6.46. The number of likely N-dealkylation sites (N-methyl/N-ethyl adjacent to an activating group) is 1. The van der Waals surface area contributed by atoms with Gasteiger partial charge in [0.1, 0.15) is 17.2 Å². The van der Waals surface area contributed by atoms with Crippen molar-refractivity contribution in [2.45, 2.75) is 18.6 Å². The third-order valence-corrected chi connectivity index (χ3v) is 7.49. The molecule has 1 aromatic carbocycles. The second-order valence-corrected chi connectivity index (χ2v) is 11.4. The van der Waals surface area contributed by atoms with Gasteiger partial charge >= 0.3 is 0 Å². The van der Waals surface area contributed by atoms with Gasteiger partial charge in [-0.3, -0.25) is 28.6 Å². The lowest BCUT2D eigenvalue weighted by Crippen LogP contribution is -2.70. The van der Waals surface area contributed by atoms with Crippen molar-refractivity contribution in [3.8, 4) is 5.75 Å². The van der Waals surface area contributed by atoms with Crippen molar-refractivity contribution in [1.29, 1.82) is 0 Å². The van der Waals surface area contributed by atoms with E-state index >= 15 is 0 Å². The Hall–Kier alpha value is -3.28. The summed E-state index contributed by atoms with van der Waals surface area (Å²) in [6.07, 6.45) is 1.21. The van der Waals surface area contributed by atoms with E-state index in [1.165, 1.54) is 21.2 Å². The summed E-state index contributed by atoms with van der Waals surface area (Å²) in [5, 5.41) is 14.6. The molecule has 11 nitrogen and oxygen atoms in total. The molecule has 0 saturated carbocycles. The summed E-state index contributed by atoms with van der Waals surface area (Å²) >= 11 is 0. The van der Waals surface area contributed by atoms with E-state index < -0.39 is 58.9 Å². The highest BCUT2D eigenvalue weighted by molar-refractivity contribution is 7.57. The van der Waals surface area contributed by atoms with E-state index in [1.807, 2.05) is 0 Å². The standard InChI is InChI=1S/C22H25F2N4O7P/c1-26-22(5-7-35-12-22)27(6-8-36(2,33)34)21(32)17-19(30)18(29)15(11-28(17)26)20(31)25-10-13-3-4-14(23)9-16(13)24/h3-4,9,11,30H,5-8,10,12H2,1-2H3,(H,25,31)(H,33,34). The molecule has 2 unspecified atom stereocenters. The quantitative estimate of drug-likeness (QED) is 0.470. The van der Waals surface area contributed by atoms with E-state index in [4.69, 9.17) is 4.74 Å². The molecule has 2 aliphatic rings. The number of rotatable bonds is 6. The van der Waals surface area contributed by atoms with Crippen LogP contribution in [0.15, 0.2) is 29.2 Å². The van der Waals surface area contributed by atoms with Crippen LogP contribution in [0.2, 0.25) is 0 Å². The maximum Gasteiger partial charge on any atom is 0.278 e. The van der Waals surface area contributed by atoms with E-state index in [2.05, 4.69) is 5.32 Å². The second-order valence-electron chi connectivity index (χ2n) is 8.87. The molecule has 1 spiro atoms. The van der Waals surface area contributed by atoms with Crippen molar-refractivity contribution >= 4 is 19.2 Å². The smallest absolute Gasteiger partial charge is 0.278 e. The van der Waals surface area contributed by atoms with Gasteiger partial charge in [0.25, 0.3) is 11.8 Å². The van der Waals surface area contributed by atoms with Crippen LogP contribution >= 0.6 is 7.37 Å². The number of ether oxygens (including phenoxy) is 1. The number of pyridine rings is 1. The molecule has 2 amide bonds. The lowest BCUT2D eigenvalue weighted by molar-refractivity contribution is 0.0247. The second kappa shape index (κ2) is 9.30. The number of fused-ring (bicyclic) bond motifs is 1. The molecule has 0 aliphatic carbocycles. The molecule has 0 bridgehead atoms. The van der Waals surface area contributed by atoms with E-state index in [-0.39, 0.29) is 38.0 Å². The van der Waals surface area contributed by atoms with Gasteiger partial charge in [0, 0.05) is 57.2 Å². The van der Waals surface area contributed by atoms with Crippen LogP contribution in [0, 0.1) is 11.6 Å². The predicted octanol–water partition coefficient (Wildman–Crippen LogP) is 0.802. The Kier molecular flexibility index (Phi) is 6.67. The molecule has 1 aromatic heterocycles. The Morgan fingerprint density at radius 3 is 2.64 bits per heavy atom. The first kappa shape index (κ1) is 25.8. The highest BCUT2D eigenvalue weighted by atomic mass is 31.2. The number of nitrogens with zero attached hydrogens (tertiary/aromatic N) is 3. The minimum absolute atomic E-state index is 0.0193. The van der Waals surface area contributed by atoms with Gasteiger partial charge in [-0.25, -0.2) is 8.78 Å². The number of amides is 2. The lowest BCUT2D eigenvalue weighted by atomic mass is 10.0. The van der Waals surface area contributed by atoms with Crippen LogP contribution in [0.5, 0.6) is 5.75 Å². The molecule has 194 valence electrons. The zero-order valence-electron chi connectivity index (χ0n) is 19.5. The average molecular weight is 526 g/mol. The van der Waals surface area contributed by atoms with Gasteiger partial charge < -0.3 is 25.0 Å². The number of benzene rings is 1. The third kappa shape index (κ3) is 4.49. The van der Waals surface area contributed by atoms with E-state index in [0.29, 0.717) is 12.5 Å². The summed E-state index contributed by atoms with van der Waals surface area (Å²) in [5.41, 5.74) is -3.15. The summed E-state index contributed by atoms with van der Waals surface area (Å²) in [6.45, 7) is 1.02. The van der Waals surface area contributed by atoms with Gasteiger partial charge in [0.2, 0.25) is 5.43 Å². The van der Waals surface area contributed by atoms with E-state index in [0.717, 1.165) is 18.3 Å². The van der Waals surface area contributed by atoms with Crippen LogP contribution in [0.25, 0.3) is 0 Å². The van der Waals surface area contributed by atoms with Crippen LogP contribution in [0.1, 0.15) is 32.8 Å². The summed E-state index contributed by atoms with van der Waals surface area (Å²) in [6, 6.07) is 2.83. The van der Waals surface area contributed by atoms with Crippen LogP contribution in [0.4, 0.5) is 8.78 Å². The van der Waals surface area contributed by atoms with E-state index in [1.54, 1.807) is 7.05 Å². The van der Waals surface area contributed by atoms with Crippen LogP contribution in [-0.4, -0.2) is 76.7 Å². The molecule has 1 fully saturated rings. The van der Waals surface area contributed by atoms with Crippen molar-refractivity contribution in [2.24, 2.45) is 0 Å². The fourth-order valence-electron chi connectivity index (χ4n) is 4.42. The van der Waals surface area contributed by atoms with Gasteiger partial charge in [-0.2, -0.15) is 0 Å². The minimum Gasteiger partial charge on any atom is -0.502 e. The Labute approximate surface area is 204 Å². The van der Waals surface area contributed by atoms with Gasteiger partial charge in [-0.05, 0) is 6.07 Å². The molecule has 3 heterocycles. The van der Waals surface area contributed by atoms with Gasteiger partial charge in [-0.1, -0.05) is 6.07 Å². The van der Waals surface area contributed by atoms with Crippen LogP contribution < -0.4 is 15.8 Å². The van der Waals surface area contributed by atoms with Crippen molar-refractivity contribution in [3.05, 3.63) is 63.1 Å². The summed E-state index contributed by atoms with van der Waals surface area (Å²) in [5.74, 6) is -4.35. The molecule has 14 heteroatoms. The topological polar surface area (TPSA) is 141 Å². The number of aromatic nitrogens is 1. The average Bonchev–Trinajstić information content (AvgIpc) is 3.28. The highest BCUT2D eigenvalue weighted by Crippen LogP contribution is 2.39. The fourth-order valence-corrected chi connectivity index (χ4v) is 4.99. The molecule has 36 heavy (non-hydrogen) atoms. The van der Waals surface area contributed by atoms with Crippen molar-refractivity contribution < 1.29 is 37.7 Å². The summed E-state index contributed by atoms with van der Waals surface area (Å²) < 4.78 is 45.7. The SMILES string of the molecule is CN1n2cc(C(=O)NCc3ccc(F)cc3F)c(=O)c(O)c2C(=O)N(CCP(C)(=O)O)C12CCOC2. The molecule has 2 atom stereocenters. The maximum absolute atomic E-state index is 13.9.